The van der Waals surface area contributed by atoms with Crippen LogP contribution in [-0.2, 0) is 31.1 Å². The van der Waals surface area contributed by atoms with E-state index in [-0.39, 0.29) is 19.8 Å². The van der Waals surface area contributed by atoms with Gasteiger partial charge < -0.3 is 30.2 Å². The number of nitrogens with zero attached hydrogens (tertiary/aromatic N) is 2. The van der Waals surface area contributed by atoms with Gasteiger partial charge in [-0.25, -0.2) is 0 Å². The Morgan fingerprint density at radius 3 is 2.31 bits per heavy atom. The Kier molecular flexibility index (Phi) is 12.2. The number of benzene rings is 4. The number of nitrogens with two attached hydrogens (primary N) is 1. The maximum Gasteiger partial charge on any atom is 0.326 e. The van der Waals surface area contributed by atoms with E-state index in [0.29, 0.717) is 39.8 Å². The lowest BCUT2D eigenvalue weighted by Gasteiger charge is -2.25. The lowest BCUT2D eigenvalue weighted by Crippen LogP contribution is -2.52. The number of aliphatic hydroxyl groups is 1. The molecule has 0 saturated heterocycles. The van der Waals surface area contributed by atoms with Gasteiger partial charge in [-0.1, -0.05) is 60.1 Å². The van der Waals surface area contributed by atoms with Crippen LogP contribution in [-0.4, -0.2) is 40.4 Å². The molecule has 52 heavy (non-hydrogen) atoms. The molecule has 0 aliphatic heterocycles. The molecule has 5 rings (SSSR count). The molecule has 268 valence electrons. The number of rotatable bonds is 15. The van der Waals surface area contributed by atoms with Crippen molar-refractivity contribution in [2.24, 2.45) is 5.73 Å². The van der Waals surface area contributed by atoms with Gasteiger partial charge in [-0.15, -0.1) is 0 Å². The summed E-state index contributed by atoms with van der Waals surface area (Å²) in [5.74, 6) is 0.300. The maximum atomic E-state index is 11.8. The van der Waals surface area contributed by atoms with Crippen LogP contribution in [0.15, 0.2) is 85.2 Å². The summed E-state index contributed by atoms with van der Waals surface area (Å²) >= 11 is 6.74. The molecule has 0 saturated carbocycles. The van der Waals surface area contributed by atoms with Crippen LogP contribution in [0, 0.1) is 25.2 Å². The molecule has 0 aliphatic rings. The molecule has 0 spiro atoms. The zero-order chi connectivity index (χ0) is 37.4. The number of carboxylic acid groups (broad SMARTS) is 1. The third-order valence-electron chi connectivity index (χ3n) is 9.16. The Hall–Kier alpha value is -5.44. The minimum Gasteiger partial charge on any atom is -0.496 e. The van der Waals surface area contributed by atoms with Crippen molar-refractivity contribution in [3.05, 3.63) is 129 Å². The molecule has 10 nitrogen and oxygen atoms in total. The van der Waals surface area contributed by atoms with Gasteiger partial charge in [0.05, 0.1) is 24.3 Å². The predicted molar refractivity (Wildman–Crippen MR) is 200 cm³/mol. The first-order valence-electron chi connectivity index (χ1n) is 16.6. The van der Waals surface area contributed by atoms with Crippen LogP contribution in [0.5, 0.6) is 17.2 Å². The average Bonchev–Trinajstić information content (AvgIpc) is 3.16. The fourth-order valence-electron chi connectivity index (χ4n) is 5.85. The van der Waals surface area contributed by atoms with E-state index in [4.69, 9.17) is 31.5 Å². The van der Waals surface area contributed by atoms with Gasteiger partial charge in [-0.3, -0.25) is 15.1 Å². The standard InChI is InChI=1S/C41H41ClN4O6/c1-25-31(7-5-9-34(25)35-10-6-8-33(26(35)2)29-11-12-30(18-44)37(15-29)50-4)23-52-39-16-38(51-22-28-13-27(17-43)19-45-20-28)32(14-36(39)42)21-46-41(3,24-47)40(48)49/h5-16,19-20,46-47H,18,21-24,44H2,1-4H3,(H,48,49). The van der Waals surface area contributed by atoms with Crippen molar-refractivity contribution in [1.82, 2.24) is 10.3 Å². The summed E-state index contributed by atoms with van der Waals surface area (Å²) in [5, 5.41) is 31.9. The Labute approximate surface area is 308 Å². The van der Waals surface area contributed by atoms with E-state index in [1.54, 1.807) is 31.5 Å². The van der Waals surface area contributed by atoms with Crippen molar-refractivity contribution in [3.8, 4) is 45.6 Å². The fraction of sp³-hybridized carbons (Fsp3) is 0.244. The van der Waals surface area contributed by atoms with Gasteiger partial charge in [0.2, 0.25) is 0 Å². The quantitative estimate of drug-likeness (QED) is 0.0878. The van der Waals surface area contributed by atoms with Crippen molar-refractivity contribution < 1.29 is 29.2 Å². The molecule has 11 heteroatoms. The summed E-state index contributed by atoms with van der Waals surface area (Å²) in [6, 6.07) is 25.5. The van der Waals surface area contributed by atoms with E-state index in [9.17, 15) is 20.3 Å². The number of hydrogen-bond donors (Lipinski definition) is 4. The largest absolute Gasteiger partial charge is 0.496 e. The van der Waals surface area contributed by atoms with Gasteiger partial charge in [0.25, 0.3) is 0 Å². The Morgan fingerprint density at radius 2 is 1.62 bits per heavy atom. The highest BCUT2D eigenvalue weighted by atomic mass is 35.5. The van der Waals surface area contributed by atoms with E-state index in [2.05, 4.69) is 54.5 Å². The van der Waals surface area contributed by atoms with Crippen molar-refractivity contribution in [3.63, 3.8) is 0 Å². The highest BCUT2D eigenvalue weighted by Gasteiger charge is 2.32. The fourth-order valence-corrected chi connectivity index (χ4v) is 6.09. The van der Waals surface area contributed by atoms with Crippen LogP contribution in [0.4, 0.5) is 0 Å². The molecular weight excluding hydrogens is 680 g/mol. The maximum absolute atomic E-state index is 11.8. The van der Waals surface area contributed by atoms with Crippen molar-refractivity contribution in [1.29, 1.82) is 5.26 Å². The smallest absolute Gasteiger partial charge is 0.326 e. The first-order chi connectivity index (χ1) is 25.0. The number of nitriles is 1. The molecule has 0 radical (unpaired) electrons. The molecule has 0 amide bonds. The second-order valence-electron chi connectivity index (χ2n) is 12.6. The second-order valence-corrected chi connectivity index (χ2v) is 13.0. The van der Waals surface area contributed by atoms with Crippen molar-refractivity contribution >= 4 is 17.6 Å². The number of carboxylic acids is 1. The zero-order valence-corrected chi connectivity index (χ0v) is 30.3. The molecule has 0 bridgehead atoms. The molecule has 0 aliphatic carbocycles. The molecule has 4 aromatic carbocycles. The van der Waals surface area contributed by atoms with Gasteiger partial charge in [-0.05, 0) is 77.9 Å². The van der Waals surface area contributed by atoms with E-state index >= 15 is 0 Å². The van der Waals surface area contributed by atoms with Crippen molar-refractivity contribution in [2.75, 3.05) is 13.7 Å². The lowest BCUT2D eigenvalue weighted by atomic mass is 9.89. The summed E-state index contributed by atoms with van der Waals surface area (Å²) in [6.07, 6.45) is 3.06. The number of aliphatic hydroxyl groups excluding tert-OH is 1. The number of hydrogen-bond acceptors (Lipinski definition) is 9. The minimum absolute atomic E-state index is 0.0265. The third kappa shape index (κ3) is 8.36. The van der Waals surface area contributed by atoms with Crippen LogP contribution in [0.2, 0.25) is 5.02 Å². The number of nitrogens with one attached hydrogen (secondary N) is 1. The zero-order valence-electron chi connectivity index (χ0n) is 29.5. The number of carbonyl (C=O) groups is 1. The van der Waals surface area contributed by atoms with Crippen LogP contribution < -0.4 is 25.3 Å². The van der Waals surface area contributed by atoms with E-state index in [1.807, 2.05) is 30.3 Å². The Bertz CT molecular complexity index is 2130. The number of ether oxygens (including phenoxy) is 3. The summed E-state index contributed by atoms with van der Waals surface area (Å²) in [7, 11) is 1.65. The molecule has 5 aromatic rings. The molecule has 0 fully saturated rings. The van der Waals surface area contributed by atoms with E-state index in [1.165, 1.54) is 13.1 Å². The SMILES string of the molecule is COc1cc(-c2cccc(-c3cccc(COc4cc(OCc5cncc(C#N)c5)c(CNC(C)(CO)C(=O)O)cc4Cl)c3C)c2C)ccc1CN. The first kappa shape index (κ1) is 37.8. The number of aromatic nitrogens is 1. The van der Waals surface area contributed by atoms with Gasteiger partial charge >= 0.3 is 5.97 Å². The molecule has 1 atom stereocenters. The predicted octanol–water partition coefficient (Wildman–Crippen LogP) is 7.11. The Balaban J connectivity index is 1.42. The molecule has 5 N–H and O–H groups in total. The normalized spacial score (nSPS) is 12.1. The average molecular weight is 721 g/mol. The summed E-state index contributed by atoms with van der Waals surface area (Å²) in [4.78, 5) is 15.9. The van der Waals surface area contributed by atoms with Crippen LogP contribution in [0.1, 0.15) is 45.9 Å². The van der Waals surface area contributed by atoms with Crippen LogP contribution in [0.3, 0.4) is 0 Å². The number of aliphatic carboxylic acids is 1. The molecular formula is C41H41ClN4O6. The monoisotopic (exact) mass is 720 g/mol. The van der Waals surface area contributed by atoms with Gasteiger partial charge in [-0.2, -0.15) is 5.26 Å². The summed E-state index contributed by atoms with van der Waals surface area (Å²) in [6.45, 7) is 5.65. The molecule has 1 aromatic heterocycles. The highest BCUT2D eigenvalue weighted by Crippen LogP contribution is 2.38. The van der Waals surface area contributed by atoms with E-state index in [0.717, 1.165) is 50.3 Å². The Morgan fingerprint density at radius 1 is 0.904 bits per heavy atom. The van der Waals surface area contributed by atoms with Gasteiger partial charge in [0.1, 0.15) is 42.1 Å². The third-order valence-corrected chi connectivity index (χ3v) is 9.46. The number of pyridine rings is 1. The van der Waals surface area contributed by atoms with Crippen LogP contribution in [0.25, 0.3) is 22.3 Å². The summed E-state index contributed by atoms with van der Waals surface area (Å²) in [5.41, 5.74) is 14.3. The second kappa shape index (κ2) is 16.7. The topological polar surface area (TPSA) is 160 Å². The highest BCUT2D eigenvalue weighted by molar-refractivity contribution is 6.32. The van der Waals surface area contributed by atoms with E-state index < -0.39 is 18.1 Å². The number of methoxy groups -OCH3 is 1. The number of halogens is 1. The lowest BCUT2D eigenvalue weighted by molar-refractivity contribution is -0.145. The summed E-state index contributed by atoms with van der Waals surface area (Å²) < 4.78 is 18.1. The first-order valence-corrected chi connectivity index (χ1v) is 17.0. The van der Waals surface area contributed by atoms with Gasteiger partial charge in [0, 0.05) is 48.2 Å². The van der Waals surface area contributed by atoms with Crippen LogP contribution >= 0.6 is 11.6 Å². The molecule has 1 unspecified atom stereocenters. The van der Waals surface area contributed by atoms with Crippen molar-refractivity contribution in [2.45, 2.75) is 52.6 Å². The minimum atomic E-state index is -1.59. The van der Waals surface area contributed by atoms with Gasteiger partial charge in [0.15, 0.2) is 0 Å². The molecule has 1 heterocycles.